The molecule has 0 N–H and O–H groups in total. The Morgan fingerprint density at radius 3 is 1.68 bits per heavy atom. The molecule has 0 saturated heterocycles. The van der Waals surface area contributed by atoms with Crippen molar-refractivity contribution in [3.63, 3.8) is 0 Å². The summed E-state index contributed by atoms with van der Waals surface area (Å²) in [6.45, 7) is 2.38. The first-order valence-corrected chi connectivity index (χ1v) is 21.6. The molecule has 296 valence electrons. The Balaban J connectivity index is 1.01. The van der Waals surface area contributed by atoms with E-state index in [4.69, 9.17) is 14.4 Å². The third-order valence-electron chi connectivity index (χ3n) is 13.0. The van der Waals surface area contributed by atoms with Crippen LogP contribution in [0.1, 0.15) is 23.6 Å². The van der Waals surface area contributed by atoms with Crippen molar-refractivity contribution in [2.24, 2.45) is 0 Å². The Labute approximate surface area is 366 Å². The highest BCUT2D eigenvalue weighted by Gasteiger charge is 2.40. The van der Waals surface area contributed by atoms with Gasteiger partial charge in [0.25, 0.3) is 0 Å². The molecule has 2 aromatic heterocycles. The molecule has 9 aromatic carbocycles. The lowest BCUT2D eigenvalue weighted by Crippen LogP contribution is -2.22. The molecule has 0 fully saturated rings. The van der Waals surface area contributed by atoms with Crippen molar-refractivity contribution in [3.05, 3.63) is 241 Å². The fraction of sp³-hybridized carbons (Fsp3) is 0.0333. The van der Waals surface area contributed by atoms with Crippen LogP contribution in [-0.4, -0.2) is 9.97 Å². The van der Waals surface area contributed by atoms with E-state index in [-0.39, 0.29) is 5.41 Å². The first kappa shape index (κ1) is 36.7. The van der Waals surface area contributed by atoms with Gasteiger partial charge in [-0.15, -0.1) is 0 Å². The zero-order chi connectivity index (χ0) is 41.9. The summed E-state index contributed by atoms with van der Waals surface area (Å²) < 4.78 is 6.41. The van der Waals surface area contributed by atoms with Gasteiger partial charge >= 0.3 is 0 Å². The van der Waals surface area contributed by atoms with Crippen molar-refractivity contribution in [3.8, 4) is 78.4 Å². The van der Waals surface area contributed by atoms with Crippen LogP contribution in [0, 0.1) is 0 Å². The molecule has 0 spiro atoms. The van der Waals surface area contributed by atoms with Crippen LogP contribution < -0.4 is 0 Å². The summed E-state index contributed by atoms with van der Waals surface area (Å²) in [5.74, 6) is 0.680. The van der Waals surface area contributed by atoms with Crippen molar-refractivity contribution in [2.45, 2.75) is 12.3 Å². The zero-order valence-corrected chi connectivity index (χ0v) is 34.7. The number of para-hydroxylation sites is 2. The molecule has 1 aliphatic rings. The number of fused-ring (bicyclic) bond motifs is 6. The molecule has 0 aliphatic heterocycles. The summed E-state index contributed by atoms with van der Waals surface area (Å²) in [5, 5.41) is 2.24. The van der Waals surface area contributed by atoms with E-state index in [1.54, 1.807) is 0 Å². The maximum Gasteiger partial charge on any atom is 0.160 e. The summed E-state index contributed by atoms with van der Waals surface area (Å²) >= 11 is 0. The van der Waals surface area contributed by atoms with Crippen LogP contribution in [0.25, 0.3) is 100 Å². The SMILES string of the molecule is CC1(c2ccccc2)c2ccccc2-c2ccc(-c3cc(-c4ccccc4)cc(-c4cc(-c5ccc(-c6cccc7c6oc6ccccc67)cc5)nc(-c5ccccc5)n4)c3)cc21. The van der Waals surface area contributed by atoms with E-state index in [1.165, 1.54) is 27.8 Å². The second kappa shape index (κ2) is 14.8. The lowest BCUT2D eigenvalue weighted by Gasteiger charge is -2.28. The van der Waals surface area contributed by atoms with Crippen molar-refractivity contribution in [1.82, 2.24) is 9.97 Å². The van der Waals surface area contributed by atoms with E-state index in [9.17, 15) is 0 Å². The van der Waals surface area contributed by atoms with E-state index in [1.807, 2.05) is 30.3 Å². The standard InChI is InChI=1S/C60H40N2O/c1-60(47-20-9-4-10-21-47)53-26-13-11-22-49(53)50-33-32-43(37-54(50)60)45-34-44(39-16-5-2-6-17-39)35-46(36-45)56-38-55(61-59(62-56)42-18-7-3-8-19-42)41-30-28-40(29-31-41)48-24-15-25-52-51-23-12-14-27-57(51)63-58(48)52/h2-38H,1H3. The minimum Gasteiger partial charge on any atom is -0.455 e. The summed E-state index contributed by atoms with van der Waals surface area (Å²) in [6, 6.07) is 80.1. The Bertz CT molecular complexity index is 3500. The summed E-state index contributed by atoms with van der Waals surface area (Å²) in [5.41, 5.74) is 19.4. The van der Waals surface area contributed by atoms with E-state index in [0.717, 1.165) is 83.4 Å². The van der Waals surface area contributed by atoms with Gasteiger partial charge in [0.15, 0.2) is 5.82 Å². The molecule has 1 unspecified atom stereocenters. The third-order valence-corrected chi connectivity index (χ3v) is 13.0. The van der Waals surface area contributed by atoms with Gasteiger partial charge in [0.2, 0.25) is 0 Å². The lowest BCUT2D eigenvalue weighted by atomic mass is 9.74. The fourth-order valence-corrected chi connectivity index (χ4v) is 9.75. The zero-order valence-electron chi connectivity index (χ0n) is 34.7. The van der Waals surface area contributed by atoms with Crippen molar-refractivity contribution >= 4 is 21.9 Å². The smallest absolute Gasteiger partial charge is 0.160 e. The van der Waals surface area contributed by atoms with Crippen LogP contribution >= 0.6 is 0 Å². The quantitative estimate of drug-likeness (QED) is 0.161. The molecule has 3 nitrogen and oxygen atoms in total. The van der Waals surface area contributed by atoms with Gasteiger partial charge in [-0.2, -0.15) is 0 Å². The van der Waals surface area contributed by atoms with Crippen LogP contribution in [0.2, 0.25) is 0 Å². The van der Waals surface area contributed by atoms with E-state index < -0.39 is 0 Å². The van der Waals surface area contributed by atoms with Crippen LogP contribution in [-0.2, 0) is 5.41 Å². The molecular formula is C60H40N2O. The van der Waals surface area contributed by atoms with Crippen LogP contribution in [0.3, 0.4) is 0 Å². The monoisotopic (exact) mass is 804 g/mol. The largest absolute Gasteiger partial charge is 0.455 e. The molecule has 0 radical (unpaired) electrons. The predicted molar refractivity (Wildman–Crippen MR) is 259 cm³/mol. The molecule has 12 rings (SSSR count). The first-order valence-electron chi connectivity index (χ1n) is 21.6. The summed E-state index contributed by atoms with van der Waals surface area (Å²) in [4.78, 5) is 10.5. The maximum absolute atomic E-state index is 6.41. The highest BCUT2D eigenvalue weighted by atomic mass is 16.3. The van der Waals surface area contributed by atoms with Crippen LogP contribution in [0.5, 0.6) is 0 Å². The van der Waals surface area contributed by atoms with Crippen LogP contribution in [0.4, 0.5) is 0 Å². The van der Waals surface area contributed by atoms with Crippen molar-refractivity contribution < 1.29 is 4.42 Å². The molecule has 63 heavy (non-hydrogen) atoms. The topological polar surface area (TPSA) is 38.9 Å². The second-order valence-corrected chi connectivity index (χ2v) is 16.6. The first-order chi connectivity index (χ1) is 31.1. The Hall–Kier alpha value is -8.14. The van der Waals surface area contributed by atoms with Crippen molar-refractivity contribution in [1.29, 1.82) is 0 Å². The van der Waals surface area contributed by atoms with Crippen molar-refractivity contribution in [2.75, 3.05) is 0 Å². The normalized spacial score (nSPS) is 14.2. The average Bonchev–Trinajstić information content (AvgIpc) is 3.87. The van der Waals surface area contributed by atoms with E-state index >= 15 is 0 Å². The Morgan fingerprint density at radius 1 is 0.349 bits per heavy atom. The second-order valence-electron chi connectivity index (χ2n) is 16.6. The van der Waals surface area contributed by atoms with Gasteiger partial charge in [-0.05, 0) is 99.0 Å². The third kappa shape index (κ3) is 6.20. The van der Waals surface area contributed by atoms with Gasteiger partial charge in [-0.3, -0.25) is 0 Å². The van der Waals surface area contributed by atoms with Gasteiger partial charge in [0, 0.05) is 38.4 Å². The van der Waals surface area contributed by atoms with Crippen LogP contribution in [0.15, 0.2) is 229 Å². The minimum atomic E-state index is -0.302. The molecule has 0 bridgehead atoms. The highest BCUT2D eigenvalue weighted by Crippen LogP contribution is 2.53. The Morgan fingerprint density at radius 2 is 0.905 bits per heavy atom. The molecular weight excluding hydrogens is 765 g/mol. The molecule has 11 aromatic rings. The van der Waals surface area contributed by atoms with Gasteiger partial charge in [0.05, 0.1) is 11.4 Å². The number of furan rings is 1. The molecule has 1 aliphatic carbocycles. The van der Waals surface area contributed by atoms with Gasteiger partial charge < -0.3 is 4.42 Å². The lowest BCUT2D eigenvalue weighted by molar-refractivity contribution is 0.670. The molecule has 1 atom stereocenters. The predicted octanol–water partition coefficient (Wildman–Crippen LogP) is 15.7. The van der Waals surface area contributed by atoms with E-state index in [2.05, 4.69) is 201 Å². The number of hydrogen-bond acceptors (Lipinski definition) is 3. The van der Waals surface area contributed by atoms with E-state index in [0.29, 0.717) is 5.82 Å². The molecule has 0 saturated carbocycles. The number of nitrogens with zero attached hydrogens (tertiary/aromatic N) is 2. The van der Waals surface area contributed by atoms with Gasteiger partial charge in [-0.25, -0.2) is 9.97 Å². The highest BCUT2D eigenvalue weighted by molar-refractivity contribution is 6.09. The average molecular weight is 805 g/mol. The summed E-state index contributed by atoms with van der Waals surface area (Å²) in [6.07, 6.45) is 0. The number of hydrogen-bond donors (Lipinski definition) is 0. The van der Waals surface area contributed by atoms with Gasteiger partial charge in [-0.1, -0.05) is 188 Å². The molecule has 2 heterocycles. The number of aromatic nitrogens is 2. The Kier molecular flexibility index (Phi) is 8.62. The molecule has 3 heteroatoms. The van der Waals surface area contributed by atoms with Gasteiger partial charge in [0.1, 0.15) is 11.2 Å². The minimum absolute atomic E-state index is 0.302. The maximum atomic E-state index is 6.41. The molecule has 0 amide bonds. The fourth-order valence-electron chi connectivity index (χ4n) is 9.75. The number of benzene rings is 9. The number of rotatable bonds is 7. The summed E-state index contributed by atoms with van der Waals surface area (Å²) in [7, 11) is 0.